The van der Waals surface area contributed by atoms with Gasteiger partial charge in [-0.1, -0.05) is 0 Å². The molecular formula is C16H14N6O3. The number of pyridine rings is 1. The average molecular weight is 338 g/mol. The summed E-state index contributed by atoms with van der Waals surface area (Å²) < 4.78 is 1.64. The highest BCUT2D eigenvalue weighted by Gasteiger charge is 2.25. The Bertz CT molecular complexity index is 1050. The minimum atomic E-state index is -0.530. The van der Waals surface area contributed by atoms with Crippen molar-refractivity contribution in [1.29, 1.82) is 0 Å². The maximum Gasteiger partial charge on any atom is 0.325 e. The fraction of sp³-hybridized carbons (Fsp3) is 0.188. The van der Waals surface area contributed by atoms with Crippen molar-refractivity contribution < 1.29 is 4.79 Å². The van der Waals surface area contributed by atoms with Crippen LogP contribution < -0.4 is 11.2 Å². The van der Waals surface area contributed by atoms with Gasteiger partial charge in [-0.3, -0.25) is 19.6 Å². The maximum atomic E-state index is 12.8. The van der Waals surface area contributed by atoms with Gasteiger partial charge in [0.15, 0.2) is 0 Å². The predicted octanol–water partition coefficient (Wildman–Crippen LogP) is -0.158. The molecule has 1 aliphatic rings. The number of carbonyl (C=O) groups is 1. The summed E-state index contributed by atoms with van der Waals surface area (Å²) in [4.78, 5) is 46.6. The van der Waals surface area contributed by atoms with E-state index < -0.39 is 11.2 Å². The summed E-state index contributed by atoms with van der Waals surface area (Å²) in [7, 11) is 0. The van der Waals surface area contributed by atoms with Crippen molar-refractivity contribution in [2.24, 2.45) is 0 Å². The Kier molecular flexibility index (Phi) is 3.53. The van der Waals surface area contributed by atoms with Crippen LogP contribution in [0.1, 0.15) is 21.7 Å². The Hall–Kier alpha value is -3.49. The molecule has 1 amide bonds. The van der Waals surface area contributed by atoms with E-state index in [2.05, 4.69) is 20.1 Å². The summed E-state index contributed by atoms with van der Waals surface area (Å²) in [5.74, 6) is -0.273. The largest absolute Gasteiger partial charge is 0.332 e. The highest BCUT2D eigenvalue weighted by Crippen LogP contribution is 2.16. The molecule has 25 heavy (non-hydrogen) atoms. The number of hydrogen-bond acceptors (Lipinski definition) is 5. The molecule has 0 bridgehead atoms. The number of nitrogens with zero attached hydrogens (tertiary/aromatic N) is 4. The lowest BCUT2D eigenvalue weighted by Gasteiger charge is -2.27. The number of amides is 1. The predicted molar refractivity (Wildman–Crippen MR) is 87.5 cm³/mol. The normalized spacial score (nSPS) is 13.5. The highest BCUT2D eigenvalue weighted by atomic mass is 16.2. The van der Waals surface area contributed by atoms with E-state index >= 15 is 0 Å². The van der Waals surface area contributed by atoms with Gasteiger partial charge in [-0.05, 0) is 18.2 Å². The first-order chi connectivity index (χ1) is 12.1. The fourth-order valence-corrected chi connectivity index (χ4v) is 2.89. The second-order valence-electron chi connectivity index (χ2n) is 5.69. The van der Waals surface area contributed by atoms with Crippen LogP contribution in [-0.2, 0) is 13.0 Å². The van der Waals surface area contributed by atoms with Gasteiger partial charge < -0.3 is 9.88 Å². The van der Waals surface area contributed by atoms with E-state index in [0.717, 1.165) is 5.69 Å². The van der Waals surface area contributed by atoms with Crippen LogP contribution in [0, 0.1) is 0 Å². The lowest BCUT2D eigenvalue weighted by atomic mass is 10.1. The number of aromatic nitrogens is 5. The molecule has 3 aromatic rings. The van der Waals surface area contributed by atoms with Gasteiger partial charge >= 0.3 is 5.69 Å². The number of fused-ring (bicyclic) bond motifs is 1. The molecule has 0 spiro atoms. The van der Waals surface area contributed by atoms with Crippen molar-refractivity contribution >= 4 is 5.91 Å². The number of hydrogen-bond donors (Lipinski definition) is 2. The molecule has 0 fully saturated rings. The molecule has 4 heterocycles. The van der Waals surface area contributed by atoms with Gasteiger partial charge in [0.1, 0.15) is 5.69 Å². The van der Waals surface area contributed by atoms with Crippen molar-refractivity contribution in [3.63, 3.8) is 0 Å². The quantitative estimate of drug-likeness (QED) is 0.673. The van der Waals surface area contributed by atoms with Gasteiger partial charge in [-0.2, -0.15) is 5.10 Å². The molecule has 0 radical (unpaired) electrons. The van der Waals surface area contributed by atoms with Crippen LogP contribution in [0.15, 0.2) is 46.4 Å². The highest BCUT2D eigenvalue weighted by molar-refractivity contribution is 5.92. The second-order valence-corrected chi connectivity index (χ2v) is 5.69. The first kappa shape index (κ1) is 15.1. The first-order valence-corrected chi connectivity index (χ1v) is 7.71. The fourth-order valence-electron chi connectivity index (χ4n) is 2.89. The minimum absolute atomic E-state index is 0.133. The molecule has 0 unspecified atom stereocenters. The Morgan fingerprint density at radius 1 is 1.20 bits per heavy atom. The summed E-state index contributed by atoms with van der Waals surface area (Å²) in [5, 5.41) is 4.13. The van der Waals surface area contributed by atoms with Crippen LogP contribution in [-0.4, -0.2) is 42.1 Å². The zero-order valence-corrected chi connectivity index (χ0v) is 13.1. The smallest absolute Gasteiger partial charge is 0.325 e. The van der Waals surface area contributed by atoms with E-state index in [1.165, 1.54) is 0 Å². The van der Waals surface area contributed by atoms with Crippen LogP contribution in [0.5, 0.6) is 0 Å². The SMILES string of the molecule is O=C(c1cc(-n2cccn2)ccn1)N1CCc2[nH]c(=O)[nH]c(=O)c2C1. The minimum Gasteiger partial charge on any atom is -0.332 e. The summed E-state index contributed by atoms with van der Waals surface area (Å²) in [5.41, 5.74) is 0.991. The molecule has 0 saturated heterocycles. The second kappa shape index (κ2) is 5.86. The third kappa shape index (κ3) is 2.75. The van der Waals surface area contributed by atoms with E-state index in [4.69, 9.17) is 0 Å². The third-order valence-electron chi connectivity index (χ3n) is 4.13. The van der Waals surface area contributed by atoms with Gasteiger partial charge in [0, 0.05) is 37.3 Å². The standard InChI is InChI=1S/C16H14N6O3/c23-14-11-9-21(7-3-12(11)19-16(25)20-14)15(24)13-8-10(2-5-17-13)22-6-1-4-18-22/h1-2,4-6,8H,3,7,9H2,(H2,19,20,23,25). The molecule has 3 aromatic heterocycles. The van der Waals surface area contributed by atoms with Gasteiger partial charge in [0.05, 0.1) is 17.8 Å². The summed E-state index contributed by atoms with van der Waals surface area (Å²) in [6.45, 7) is 0.535. The van der Waals surface area contributed by atoms with Crippen molar-refractivity contribution in [2.75, 3.05) is 6.54 Å². The molecular weight excluding hydrogens is 324 g/mol. The van der Waals surface area contributed by atoms with Crippen LogP contribution >= 0.6 is 0 Å². The topological polar surface area (TPSA) is 117 Å². The summed E-state index contributed by atoms with van der Waals surface area (Å²) in [6, 6.07) is 5.20. The van der Waals surface area contributed by atoms with Crippen molar-refractivity contribution in [1.82, 2.24) is 29.6 Å². The molecule has 9 heteroatoms. The van der Waals surface area contributed by atoms with Crippen molar-refractivity contribution in [2.45, 2.75) is 13.0 Å². The van der Waals surface area contributed by atoms with Crippen LogP contribution in [0.4, 0.5) is 0 Å². The van der Waals surface area contributed by atoms with E-state index in [0.29, 0.717) is 24.2 Å². The lowest BCUT2D eigenvalue weighted by molar-refractivity contribution is 0.0726. The molecule has 9 nitrogen and oxygen atoms in total. The Morgan fingerprint density at radius 2 is 2.08 bits per heavy atom. The molecule has 0 aromatic carbocycles. The maximum absolute atomic E-state index is 12.8. The Morgan fingerprint density at radius 3 is 2.88 bits per heavy atom. The molecule has 0 aliphatic carbocycles. The number of carbonyl (C=O) groups excluding carboxylic acids is 1. The van der Waals surface area contributed by atoms with E-state index in [1.54, 1.807) is 46.4 Å². The van der Waals surface area contributed by atoms with E-state index in [-0.39, 0.29) is 18.1 Å². The molecule has 4 rings (SSSR count). The number of H-pyrrole nitrogens is 2. The zero-order valence-electron chi connectivity index (χ0n) is 13.1. The van der Waals surface area contributed by atoms with Gasteiger partial charge in [-0.25, -0.2) is 9.48 Å². The van der Waals surface area contributed by atoms with Gasteiger partial charge in [-0.15, -0.1) is 0 Å². The molecule has 1 aliphatic heterocycles. The first-order valence-electron chi connectivity index (χ1n) is 7.71. The lowest BCUT2D eigenvalue weighted by Crippen LogP contribution is -2.41. The summed E-state index contributed by atoms with van der Waals surface area (Å²) in [6.07, 6.45) is 5.39. The monoisotopic (exact) mass is 338 g/mol. The number of nitrogens with one attached hydrogen (secondary N) is 2. The Labute approximate surface area is 141 Å². The van der Waals surface area contributed by atoms with Crippen LogP contribution in [0.25, 0.3) is 5.69 Å². The van der Waals surface area contributed by atoms with Crippen molar-refractivity contribution in [3.05, 3.63) is 74.6 Å². The van der Waals surface area contributed by atoms with Gasteiger partial charge in [0.2, 0.25) is 0 Å². The number of aromatic amines is 2. The molecule has 0 atom stereocenters. The third-order valence-corrected chi connectivity index (χ3v) is 4.13. The molecule has 2 N–H and O–H groups in total. The Balaban J connectivity index is 1.63. The molecule has 0 saturated carbocycles. The van der Waals surface area contributed by atoms with Crippen LogP contribution in [0.3, 0.4) is 0 Å². The van der Waals surface area contributed by atoms with Gasteiger partial charge in [0.25, 0.3) is 11.5 Å². The number of rotatable bonds is 2. The zero-order chi connectivity index (χ0) is 17.4. The van der Waals surface area contributed by atoms with Crippen LogP contribution in [0.2, 0.25) is 0 Å². The molecule has 126 valence electrons. The van der Waals surface area contributed by atoms with E-state index in [9.17, 15) is 14.4 Å². The average Bonchev–Trinajstić information content (AvgIpc) is 3.15. The van der Waals surface area contributed by atoms with E-state index in [1.807, 2.05) is 0 Å². The van der Waals surface area contributed by atoms with Crippen molar-refractivity contribution in [3.8, 4) is 5.69 Å². The summed E-state index contributed by atoms with van der Waals surface area (Å²) >= 11 is 0.